The molecule has 0 N–H and O–H groups in total. The quantitative estimate of drug-likeness (QED) is 0.448. The second kappa shape index (κ2) is 7.25. The molecule has 0 aliphatic carbocycles. The second-order valence-corrected chi connectivity index (χ2v) is 8.26. The first-order valence-corrected chi connectivity index (χ1v) is 9.69. The average molecular weight is 403 g/mol. The molecule has 0 atom stereocenters. The van der Waals surface area contributed by atoms with Crippen LogP contribution >= 0.6 is 34.8 Å². The summed E-state index contributed by atoms with van der Waals surface area (Å²) in [5, 5.41) is 1.10. The van der Waals surface area contributed by atoms with Crippen LogP contribution in [0.3, 0.4) is 0 Å². The Morgan fingerprint density at radius 3 is 1.77 bits per heavy atom. The van der Waals surface area contributed by atoms with Crippen LogP contribution in [0.15, 0.2) is 78.9 Å². The van der Waals surface area contributed by atoms with Crippen molar-refractivity contribution in [1.82, 2.24) is 4.90 Å². The van der Waals surface area contributed by atoms with E-state index in [1.54, 1.807) is 0 Å². The van der Waals surface area contributed by atoms with Crippen molar-refractivity contribution in [3.05, 3.63) is 106 Å². The first kappa shape index (κ1) is 17.9. The molecule has 1 saturated heterocycles. The molecule has 4 rings (SSSR count). The predicted molar refractivity (Wildman–Crippen MR) is 110 cm³/mol. The van der Waals surface area contributed by atoms with E-state index in [1.165, 1.54) is 11.1 Å². The number of alkyl halides is 1. The van der Waals surface area contributed by atoms with Crippen LogP contribution in [0.1, 0.15) is 22.7 Å². The van der Waals surface area contributed by atoms with Gasteiger partial charge in [0.15, 0.2) is 0 Å². The zero-order chi connectivity index (χ0) is 18.1. The summed E-state index contributed by atoms with van der Waals surface area (Å²) in [5.41, 5.74) is 3.56. The van der Waals surface area contributed by atoms with Crippen LogP contribution in [0.25, 0.3) is 0 Å². The number of likely N-dealkylation sites (tertiary alicyclic amines) is 1. The van der Waals surface area contributed by atoms with Gasteiger partial charge in [-0.1, -0.05) is 89.9 Å². The minimum Gasteiger partial charge on any atom is -0.288 e. The zero-order valence-corrected chi connectivity index (χ0v) is 16.3. The Labute approximate surface area is 169 Å². The number of hydrogen-bond acceptors (Lipinski definition) is 1. The predicted octanol–water partition coefficient (Wildman–Crippen LogP) is 6.53. The minimum atomic E-state index is -0.434. The van der Waals surface area contributed by atoms with Crippen molar-refractivity contribution in [3.63, 3.8) is 0 Å². The van der Waals surface area contributed by atoms with E-state index in [2.05, 4.69) is 53.4 Å². The lowest BCUT2D eigenvalue weighted by atomic mass is 9.85. The Balaban J connectivity index is 1.62. The largest absolute Gasteiger partial charge is 0.288 e. The van der Waals surface area contributed by atoms with E-state index < -0.39 is 4.87 Å². The van der Waals surface area contributed by atoms with E-state index in [0.29, 0.717) is 10.0 Å². The van der Waals surface area contributed by atoms with Crippen molar-refractivity contribution in [1.29, 1.82) is 0 Å². The molecule has 0 saturated carbocycles. The van der Waals surface area contributed by atoms with Crippen LogP contribution in [0.4, 0.5) is 0 Å². The standard InChI is InChI=1S/C22H18Cl3N/c23-19-12-11-18(13-20(19)24)22(25)14-26(15-22)21(16-7-3-1-4-8-16)17-9-5-2-6-10-17/h1-13,21H,14-15H2. The lowest BCUT2D eigenvalue weighted by Gasteiger charge is -2.50. The van der Waals surface area contributed by atoms with E-state index in [-0.39, 0.29) is 6.04 Å². The Morgan fingerprint density at radius 1 is 0.731 bits per heavy atom. The minimum absolute atomic E-state index is 0.187. The molecule has 0 radical (unpaired) electrons. The van der Waals surface area contributed by atoms with Gasteiger partial charge in [0.1, 0.15) is 0 Å². The summed E-state index contributed by atoms with van der Waals surface area (Å²) in [7, 11) is 0. The number of hydrogen-bond donors (Lipinski definition) is 0. The van der Waals surface area contributed by atoms with E-state index in [0.717, 1.165) is 18.7 Å². The maximum atomic E-state index is 6.93. The Hall–Kier alpha value is -1.51. The SMILES string of the molecule is Clc1ccc(C2(Cl)CN(C(c3ccccc3)c3ccccc3)C2)cc1Cl. The number of nitrogens with zero attached hydrogens (tertiary/aromatic N) is 1. The first-order valence-electron chi connectivity index (χ1n) is 8.55. The molecule has 1 heterocycles. The van der Waals surface area contributed by atoms with Crippen LogP contribution in [0, 0.1) is 0 Å². The fourth-order valence-electron chi connectivity index (χ4n) is 3.62. The van der Waals surface area contributed by atoms with Crippen molar-refractivity contribution < 1.29 is 0 Å². The molecule has 0 amide bonds. The summed E-state index contributed by atoms with van der Waals surface area (Å²) in [5.74, 6) is 0. The van der Waals surface area contributed by atoms with Crippen LogP contribution in [-0.4, -0.2) is 18.0 Å². The third-order valence-electron chi connectivity index (χ3n) is 4.94. The Morgan fingerprint density at radius 2 is 1.27 bits per heavy atom. The first-order chi connectivity index (χ1) is 12.6. The maximum Gasteiger partial charge on any atom is 0.0948 e. The van der Waals surface area contributed by atoms with Crippen molar-refractivity contribution >= 4 is 34.8 Å². The summed E-state index contributed by atoms with van der Waals surface area (Å²) < 4.78 is 0. The molecule has 0 spiro atoms. The number of benzene rings is 3. The smallest absolute Gasteiger partial charge is 0.0948 e. The van der Waals surface area contributed by atoms with Gasteiger partial charge in [0.2, 0.25) is 0 Å². The summed E-state index contributed by atoms with van der Waals surface area (Å²) in [6.45, 7) is 1.50. The summed E-state index contributed by atoms with van der Waals surface area (Å²) in [6, 6.07) is 27.0. The van der Waals surface area contributed by atoms with E-state index in [9.17, 15) is 0 Å². The van der Waals surface area contributed by atoms with Crippen LogP contribution in [-0.2, 0) is 4.87 Å². The monoisotopic (exact) mass is 401 g/mol. The highest BCUT2D eigenvalue weighted by Gasteiger charge is 2.46. The fraction of sp³-hybridized carbons (Fsp3) is 0.182. The second-order valence-electron chi connectivity index (χ2n) is 6.72. The summed E-state index contributed by atoms with van der Waals surface area (Å²) in [4.78, 5) is 1.97. The topological polar surface area (TPSA) is 3.24 Å². The van der Waals surface area contributed by atoms with Crippen molar-refractivity contribution in [2.75, 3.05) is 13.1 Å². The highest BCUT2D eigenvalue weighted by molar-refractivity contribution is 6.42. The van der Waals surface area contributed by atoms with Gasteiger partial charge in [-0.3, -0.25) is 4.90 Å². The van der Waals surface area contributed by atoms with Gasteiger partial charge in [-0.05, 0) is 28.8 Å². The van der Waals surface area contributed by atoms with Crippen LogP contribution in [0.2, 0.25) is 10.0 Å². The van der Waals surface area contributed by atoms with Gasteiger partial charge in [0, 0.05) is 13.1 Å². The van der Waals surface area contributed by atoms with Crippen molar-refractivity contribution in [3.8, 4) is 0 Å². The summed E-state index contributed by atoms with van der Waals surface area (Å²) in [6.07, 6.45) is 0. The molecule has 26 heavy (non-hydrogen) atoms. The molecule has 1 aliphatic heterocycles. The molecule has 0 unspecified atom stereocenters. The van der Waals surface area contributed by atoms with Crippen molar-refractivity contribution in [2.24, 2.45) is 0 Å². The molecule has 1 aliphatic rings. The Bertz CT molecular complexity index is 850. The average Bonchev–Trinajstić information content (AvgIpc) is 2.64. The highest BCUT2D eigenvalue weighted by Crippen LogP contribution is 2.45. The van der Waals surface area contributed by atoms with E-state index >= 15 is 0 Å². The third kappa shape index (κ3) is 3.37. The number of halogens is 3. The molecule has 0 aromatic heterocycles. The van der Waals surface area contributed by atoms with Gasteiger partial charge in [-0.2, -0.15) is 0 Å². The van der Waals surface area contributed by atoms with Crippen LogP contribution < -0.4 is 0 Å². The molecular weight excluding hydrogens is 385 g/mol. The maximum absolute atomic E-state index is 6.93. The van der Waals surface area contributed by atoms with Gasteiger partial charge in [0.05, 0.1) is 21.0 Å². The number of rotatable bonds is 4. The molecule has 4 heteroatoms. The lowest BCUT2D eigenvalue weighted by Crippen LogP contribution is -2.57. The molecule has 0 bridgehead atoms. The van der Waals surface area contributed by atoms with Gasteiger partial charge in [-0.15, -0.1) is 11.6 Å². The Kier molecular flexibility index (Phi) is 4.98. The van der Waals surface area contributed by atoms with Gasteiger partial charge >= 0.3 is 0 Å². The van der Waals surface area contributed by atoms with E-state index in [4.69, 9.17) is 34.8 Å². The normalized spacial score (nSPS) is 16.5. The summed E-state index contributed by atoms with van der Waals surface area (Å²) >= 11 is 19.2. The fourth-order valence-corrected chi connectivity index (χ4v) is 4.34. The zero-order valence-electron chi connectivity index (χ0n) is 14.1. The van der Waals surface area contributed by atoms with Crippen LogP contribution in [0.5, 0.6) is 0 Å². The van der Waals surface area contributed by atoms with Gasteiger partial charge in [-0.25, -0.2) is 0 Å². The van der Waals surface area contributed by atoms with Crippen molar-refractivity contribution in [2.45, 2.75) is 10.9 Å². The van der Waals surface area contributed by atoms with Gasteiger partial charge < -0.3 is 0 Å². The third-order valence-corrected chi connectivity index (χ3v) is 6.14. The highest BCUT2D eigenvalue weighted by atomic mass is 35.5. The molecule has 3 aromatic carbocycles. The molecule has 3 aromatic rings. The molecular formula is C22H18Cl3N. The molecule has 1 fully saturated rings. The van der Waals surface area contributed by atoms with E-state index in [1.807, 2.05) is 30.3 Å². The molecule has 1 nitrogen and oxygen atoms in total. The molecule has 132 valence electrons. The van der Waals surface area contributed by atoms with Gasteiger partial charge in [0.25, 0.3) is 0 Å². The lowest BCUT2D eigenvalue weighted by molar-refractivity contribution is 0.0868.